The average Bonchev–Trinajstić information content (AvgIpc) is 3.24. The number of ether oxygens (including phenoxy) is 1. The molecular formula is C30H16ClF3N2O7. The average molecular weight is 609 g/mol. The summed E-state index contributed by atoms with van der Waals surface area (Å²) in [6, 6.07) is 18.1. The van der Waals surface area contributed by atoms with Crippen LogP contribution in [0.2, 0.25) is 5.02 Å². The number of benzene rings is 4. The molecule has 2 amide bonds. The van der Waals surface area contributed by atoms with Gasteiger partial charge in [0, 0.05) is 23.3 Å². The summed E-state index contributed by atoms with van der Waals surface area (Å²) in [4.78, 5) is 63.8. The zero-order valence-electron chi connectivity index (χ0n) is 21.5. The second kappa shape index (κ2) is 11.1. The standard InChI is InChI=1S/C30H16ClF3N2O7/c31-23-13-9-19(30(32,33)34)15-24(23)35-27(38)21-12-8-18(14-22(21)28(35)39)29(40)43-26(25(37)16-4-2-1-3-5-16)17-6-10-20(11-7-17)36(41)42/h1-15,26H/t26-/m0/s1. The first-order valence-corrected chi connectivity index (χ1v) is 12.7. The van der Waals surface area contributed by atoms with Gasteiger partial charge >= 0.3 is 12.1 Å². The first-order chi connectivity index (χ1) is 20.4. The van der Waals surface area contributed by atoms with Crippen LogP contribution in [0, 0.1) is 10.1 Å². The Balaban J connectivity index is 1.47. The number of carbonyl (C=O) groups is 4. The van der Waals surface area contributed by atoms with Crippen LogP contribution in [0.25, 0.3) is 0 Å². The number of fused-ring (bicyclic) bond motifs is 1. The SMILES string of the molecule is O=C(O[C@H](C(=O)c1ccccc1)c1ccc([N+](=O)[O-])cc1)c1ccc2c(c1)C(=O)N(c1cc(C(F)(F)F)ccc1Cl)C2=O. The van der Waals surface area contributed by atoms with Crippen molar-refractivity contribution in [1.29, 1.82) is 0 Å². The van der Waals surface area contributed by atoms with E-state index in [1.807, 2.05) is 0 Å². The number of carbonyl (C=O) groups excluding carboxylic acids is 4. The van der Waals surface area contributed by atoms with E-state index in [1.54, 1.807) is 18.2 Å². The third-order valence-electron chi connectivity index (χ3n) is 6.56. The highest BCUT2D eigenvalue weighted by Gasteiger charge is 2.40. The van der Waals surface area contributed by atoms with E-state index < -0.39 is 52.0 Å². The summed E-state index contributed by atoms with van der Waals surface area (Å²) in [7, 11) is 0. The predicted molar refractivity (Wildman–Crippen MR) is 146 cm³/mol. The highest BCUT2D eigenvalue weighted by Crippen LogP contribution is 2.39. The normalized spacial score (nSPS) is 13.4. The van der Waals surface area contributed by atoms with Gasteiger partial charge in [0.1, 0.15) is 0 Å². The number of nitrogens with zero attached hydrogens (tertiary/aromatic N) is 2. The van der Waals surface area contributed by atoms with Crippen molar-refractivity contribution in [1.82, 2.24) is 0 Å². The topological polar surface area (TPSA) is 124 Å². The molecule has 0 N–H and O–H groups in total. The van der Waals surface area contributed by atoms with Gasteiger partial charge in [0.2, 0.25) is 5.78 Å². The molecule has 0 aliphatic carbocycles. The van der Waals surface area contributed by atoms with Crippen molar-refractivity contribution in [3.8, 4) is 0 Å². The smallest absolute Gasteiger partial charge is 0.416 e. The maximum Gasteiger partial charge on any atom is 0.416 e. The number of halogens is 4. The van der Waals surface area contributed by atoms with Gasteiger partial charge < -0.3 is 4.74 Å². The highest BCUT2D eigenvalue weighted by molar-refractivity contribution is 6.40. The van der Waals surface area contributed by atoms with E-state index >= 15 is 0 Å². The monoisotopic (exact) mass is 608 g/mol. The third kappa shape index (κ3) is 5.60. The Morgan fingerprint density at radius 3 is 2.12 bits per heavy atom. The molecule has 0 aromatic heterocycles. The maximum atomic E-state index is 13.3. The minimum atomic E-state index is -4.77. The predicted octanol–water partition coefficient (Wildman–Crippen LogP) is 6.85. The first-order valence-electron chi connectivity index (χ1n) is 12.3. The van der Waals surface area contributed by atoms with E-state index in [0.717, 1.165) is 36.4 Å². The lowest BCUT2D eigenvalue weighted by Gasteiger charge is -2.18. The van der Waals surface area contributed by atoms with Crippen molar-refractivity contribution in [2.75, 3.05) is 4.90 Å². The van der Waals surface area contributed by atoms with E-state index in [1.165, 1.54) is 24.3 Å². The van der Waals surface area contributed by atoms with Crippen LogP contribution in [0.3, 0.4) is 0 Å². The fraction of sp³-hybridized carbons (Fsp3) is 0.0667. The summed E-state index contributed by atoms with van der Waals surface area (Å²) >= 11 is 6.05. The molecule has 1 aliphatic rings. The van der Waals surface area contributed by atoms with Crippen LogP contribution < -0.4 is 4.90 Å². The summed E-state index contributed by atoms with van der Waals surface area (Å²) in [6.45, 7) is 0. The minimum Gasteiger partial charge on any atom is -0.445 e. The zero-order chi connectivity index (χ0) is 31.1. The molecule has 13 heteroatoms. The second-order valence-corrected chi connectivity index (χ2v) is 9.64. The Hall–Kier alpha value is -5.36. The molecule has 1 atom stereocenters. The molecule has 0 saturated carbocycles. The van der Waals surface area contributed by atoms with Crippen molar-refractivity contribution in [2.45, 2.75) is 12.3 Å². The number of hydrogen-bond donors (Lipinski definition) is 0. The molecule has 5 rings (SSSR count). The molecule has 0 saturated heterocycles. The summed E-state index contributed by atoms with van der Waals surface area (Å²) in [5.41, 5.74) is -2.30. The van der Waals surface area contributed by atoms with Crippen molar-refractivity contribution in [2.24, 2.45) is 0 Å². The molecule has 0 fully saturated rings. The lowest BCUT2D eigenvalue weighted by Crippen LogP contribution is -2.30. The quantitative estimate of drug-likeness (QED) is 0.0739. The molecule has 216 valence electrons. The summed E-state index contributed by atoms with van der Waals surface area (Å²) in [6.07, 6.45) is -6.31. The van der Waals surface area contributed by atoms with Crippen LogP contribution in [0.1, 0.15) is 58.7 Å². The summed E-state index contributed by atoms with van der Waals surface area (Å²) in [5.74, 6) is -3.70. The van der Waals surface area contributed by atoms with E-state index in [-0.39, 0.29) is 38.5 Å². The van der Waals surface area contributed by atoms with Gasteiger partial charge in [-0.15, -0.1) is 0 Å². The number of nitro benzene ring substituents is 1. The van der Waals surface area contributed by atoms with Gasteiger partial charge in [-0.25, -0.2) is 9.69 Å². The van der Waals surface area contributed by atoms with Crippen molar-refractivity contribution < 1.29 is 42.0 Å². The van der Waals surface area contributed by atoms with Gasteiger partial charge in [-0.3, -0.25) is 24.5 Å². The van der Waals surface area contributed by atoms with Crippen LogP contribution in [-0.4, -0.2) is 28.5 Å². The lowest BCUT2D eigenvalue weighted by atomic mass is 9.99. The number of alkyl halides is 3. The minimum absolute atomic E-state index is 0.130. The number of anilines is 1. The Bertz CT molecular complexity index is 1810. The Kier molecular flexibility index (Phi) is 7.55. The largest absolute Gasteiger partial charge is 0.445 e. The molecule has 1 heterocycles. The molecule has 0 radical (unpaired) electrons. The zero-order valence-corrected chi connectivity index (χ0v) is 22.3. The van der Waals surface area contributed by atoms with E-state index in [2.05, 4.69) is 0 Å². The number of ketones is 1. The molecule has 4 aromatic rings. The van der Waals surface area contributed by atoms with E-state index in [9.17, 15) is 42.5 Å². The second-order valence-electron chi connectivity index (χ2n) is 9.23. The number of nitro groups is 1. The van der Waals surface area contributed by atoms with Crippen LogP contribution in [0.4, 0.5) is 24.5 Å². The van der Waals surface area contributed by atoms with Crippen LogP contribution in [-0.2, 0) is 10.9 Å². The molecule has 1 aliphatic heterocycles. The molecule has 0 spiro atoms. The van der Waals surface area contributed by atoms with Gasteiger partial charge in [0.15, 0.2) is 6.10 Å². The Labute approximate surface area is 245 Å². The lowest BCUT2D eigenvalue weighted by molar-refractivity contribution is -0.384. The van der Waals surface area contributed by atoms with Gasteiger partial charge in [0.25, 0.3) is 17.5 Å². The third-order valence-corrected chi connectivity index (χ3v) is 6.88. The van der Waals surface area contributed by atoms with Gasteiger partial charge in [-0.05, 0) is 48.5 Å². The molecule has 0 bridgehead atoms. The molecule has 4 aromatic carbocycles. The Morgan fingerprint density at radius 2 is 1.49 bits per heavy atom. The molecule has 9 nitrogen and oxygen atoms in total. The van der Waals surface area contributed by atoms with E-state index in [0.29, 0.717) is 17.0 Å². The number of esters is 1. The van der Waals surface area contributed by atoms with Crippen LogP contribution >= 0.6 is 11.6 Å². The number of non-ortho nitro benzene ring substituents is 1. The molecule has 43 heavy (non-hydrogen) atoms. The first kappa shape index (κ1) is 29.1. The summed E-state index contributed by atoms with van der Waals surface area (Å²) in [5, 5.41) is 10.8. The van der Waals surface area contributed by atoms with Gasteiger partial charge in [0.05, 0.1) is 37.9 Å². The van der Waals surface area contributed by atoms with Crippen LogP contribution in [0.5, 0.6) is 0 Å². The Morgan fingerprint density at radius 1 is 0.837 bits per heavy atom. The molecular weight excluding hydrogens is 593 g/mol. The van der Waals surface area contributed by atoms with Crippen molar-refractivity contribution in [3.63, 3.8) is 0 Å². The van der Waals surface area contributed by atoms with Crippen molar-refractivity contribution >= 4 is 46.5 Å². The highest BCUT2D eigenvalue weighted by atomic mass is 35.5. The van der Waals surface area contributed by atoms with E-state index in [4.69, 9.17) is 16.3 Å². The number of imide groups is 1. The number of Topliss-reactive ketones (excluding diaryl/α,β-unsaturated/α-hetero) is 1. The maximum absolute atomic E-state index is 13.3. The van der Waals surface area contributed by atoms with Crippen LogP contribution in [0.15, 0.2) is 91.0 Å². The number of hydrogen-bond acceptors (Lipinski definition) is 7. The fourth-order valence-corrected chi connectivity index (χ4v) is 4.62. The number of amides is 2. The summed E-state index contributed by atoms with van der Waals surface area (Å²) < 4.78 is 45.4. The van der Waals surface area contributed by atoms with Crippen molar-refractivity contribution in [3.05, 3.63) is 140 Å². The van der Waals surface area contributed by atoms with Gasteiger partial charge in [-0.2, -0.15) is 13.2 Å². The van der Waals surface area contributed by atoms with Gasteiger partial charge in [-0.1, -0.05) is 41.9 Å². The molecule has 0 unspecified atom stereocenters. The number of rotatable bonds is 7. The fourth-order valence-electron chi connectivity index (χ4n) is 4.42.